The molecule has 0 amide bonds. The van der Waals surface area contributed by atoms with E-state index in [2.05, 4.69) is 66.1 Å². The zero-order valence-corrected chi connectivity index (χ0v) is 12.9. The number of hydrogen-bond donors (Lipinski definition) is 1. The summed E-state index contributed by atoms with van der Waals surface area (Å²) in [6.45, 7) is 11.3. The highest BCUT2D eigenvalue weighted by Gasteiger charge is 2.15. The molecule has 5 nitrogen and oxygen atoms in total. The largest absolute Gasteiger partial charge is 0.346 e. The number of aromatic nitrogens is 4. The molecule has 0 saturated heterocycles. The number of rotatable bonds is 7. The van der Waals surface area contributed by atoms with Gasteiger partial charge in [0.1, 0.15) is 12.2 Å². The van der Waals surface area contributed by atoms with Gasteiger partial charge in [-0.25, -0.2) is 9.67 Å². The molecule has 0 bridgehead atoms. The van der Waals surface area contributed by atoms with Crippen LogP contribution in [0, 0.1) is 5.92 Å². The molecule has 20 heavy (non-hydrogen) atoms. The van der Waals surface area contributed by atoms with E-state index in [0.717, 1.165) is 25.5 Å². The first-order valence-electron chi connectivity index (χ1n) is 7.41. The Morgan fingerprint density at radius 3 is 2.75 bits per heavy atom. The molecule has 110 valence electrons. The average molecular weight is 275 g/mol. The van der Waals surface area contributed by atoms with Crippen LogP contribution in [0.2, 0.25) is 0 Å². The van der Waals surface area contributed by atoms with Crippen LogP contribution < -0.4 is 5.32 Å². The third kappa shape index (κ3) is 3.28. The number of nitrogens with one attached hydrogen (secondary N) is 1. The number of nitrogens with zero attached hydrogens (tertiary/aromatic N) is 4. The molecule has 0 radical (unpaired) electrons. The predicted molar refractivity (Wildman–Crippen MR) is 80.5 cm³/mol. The molecule has 5 heteroatoms. The van der Waals surface area contributed by atoms with E-state index in [1.165, 1.54) is 5.56 Å². The lowest BCUT2D eigenvalue weighted by Gasteiger charge is -2.20. The fourth-order valence-corrected chi connectivity index (χ4v) is 2.54. The Morgan fingerprint density at radius 2 is 2.10 bits per heavy atom. The third-order valence-electron chi connectivity index (χ3n) is 3.54. The van der Waals surface area contributed by atoms with Gasteiger partial charge in [-0.3, -0.25) is 0 Å². The van der Waals surface area contributed by atoms with Crippen molar-refractivity contribution in [2.45, 2.75) is 46.8 Å². The normalized spacial score (nSPS) is 13.1. The average Bonchev–Trinajstić information content (AvgIpc) is 3.05. The first kappa shape index (κ1) is 14.8. The second kappa shape index (κ2) is 6.70. The first-order chi connectivity index (χ1) is 9.65. The summed E-state index contributed by atoms with van der Waals surface area (Å²) in [5, 5.41) is 7.76. The monoisotopic (exact) mass is 275 g/mol. The zero-order valence-electron chi connectivity index (χ0n) is 12.9. The summed E-state index contributed by atoms with van der Waals surface area (Å²) in [6.07, 6.45) is 5.96. The maximum Gasteiger partial charge on any atom is 0.146 e. The zero-order chi connectivity index (χ0) is 14.5. The number of aryl methyl sites for hydroxylation is 1. The van der Waals surface area contributed by atoms with E-state index in [1.807, 2.05) is 4.68 Å². The van der Waals surface area contributed by atoms with Crippen molar-refractivity contribution in [1.82, 2.24) is 24.6 Å². The van der Waals surface area contributed by atoms with Gasteiger partial charge >= 0.3 is 0 Å². The molecule has 0 saturated carbocycles. The van der Waals surface area contributed by atoms with Crippen LogP contribution in [0.4, 0.5) is 0 Å². The molecular formula is C15H25N5. The van der Waals surface area contributed by atoms with E-state index in [-0.39, 0.29) is 0 Å². The fourth-order valence-electron chi connectivity index (χ4n) is 2.54. The maximum atomic E-state index is 4.32. The van der Waals surface area contributed by atoms with Crippen molar-refractivity contribution in [3.8, 4) is 0 Å². The van der Waals surface area contributed by atoms with Crippen molar-refractivity contribution in [1.29, 1.82) is 0 Å². The van der Waals surface area contributed by atoms with Crippen molar-refractivity contribution < 1.29 is 0 Å². The summed E-state index contributed by atoms with van der Waals surface area (Å²) in [5.41, 5.74) is 1.34. The maximum absolute atomic E-state index is 4.32. The predicted octanol–water partition coefficient (Wildman–Crippen LogP) is 2.45. The SMILES string of the molecule is CCNC(c1ccn(Cc2ncnn2CC)c1)C(C)C. The fraction of sp³-hybridized carbons (Fsp3) is 0.600. The smallest absolute Gasteiger partial charge is 0.146 e. The Kier molecular flexibility index (Phi) is 4.95. The van der Waals surface area contributed by atoms with Crippen molar-refractivity contribution in [2.24, 2.45) is 5.92 Å². The quantitative estimate of drug-likeness (QED) is 0.844. The molecule has 0 aliphatic heterocycles. The molecule has 2 rings (SSSR count). The van der Waals surface area contributed by atoms with Gasteiger partial charge in [-0.15, -0.1) is 0 Å². The van der Waals surface area contributed by atoms with E-state index in [9.17, 15) is 0 Å². The van der Waals surface area contributed by atoms with Crippen LogP contribution in [0.15, 0.2) is 24.8 Å². The molecule has 1 unspecified atom stereocenters. The van der Waals surface area contributed by atoms with Gasteiger partial charge in [0.2, 0.25) is 0 Å². The Morgan fingerprint density at radius 1 is 1.30 bits per heavy atom. The second-order valence-corrected chi connectivity index (χ2v) is 5.39. The van der Waals surface area contributed by atoms with Gasteiger partial charge in [0, 0.05) is 25.0 Å². The molecule has 1 N–H and O–H groups in total. The van der Waals surface area contributed by atoms with Crippen LogP contribution in [-0.2, 0) is 13.1 Å². The van der Waals surface area contributed by atoms with Crippen LogP contribution in [0.5, 0.6) is 0 Å². The van der Waals surface area contributed by atoms with Gasteiger partial charge in [0.15, 0.2) is 0 Å². The van der Waals surface area contributed by atoms with E-state index in [1.54, 1.807) is 6.33 Å². The lowest BCUT2D eigenvalue weighted by molar-refractivity contribution is 0.421. The molecule has 0 aromatic carbocycles. The van der Waals surface area contributed by atoms with Gasteiger partial charge in [0.05, 0.1) is 6.54 Å². The summed E-state index contributed by atoms with van der Waals surface area (Å²) >= 11 is 0. The highest BCUT2D eigenvalue weighted by molar-refractivity contribution is 5.16. The van der Waals surface area contributed by atoms with E-state index < -0.39 is 0 Å². The Balaban J connectivity index is 2.12. The molecule has 1 atom stereocenters. The minimum atomic E-state index is 0.408. The summed E-state index contributed by atoms with van der Waals surface area (Å²) in [6, 6.07) is 2.60. The topological polar surface area (TPSA) is 47.7 Å². The third-order valence-corrected chi connectivity index (χ3v) is 3.54. The standard InChI is InChI=1S/C15H25N5/c1-5-16-15(12(3)4)13-7-8-19(9-13)10-14-17-11-18-20(14)6-2/h7-9,11-12,15-16H,5-6,10H2,1-4H3. The van der Waals surface area contributed by atoms with Crippen molar-refractivity contribution in [2.75, 3.05) is 6.54 Å². The van der Waals surface area contributed by atoms with Crippen LogP contribution in [0.25, 0.3) is 0 Å². The molecular weight excluding hydrogens is 250 g/mol. The van der Waals surface area contributed by atoms with E-state index in [4.69, 9.17) is 0 Å². The lowest BCUT2D eigenvalue weighted by Crippen LogP contribution is -2.25. The molecule has 0 spiro atoms. The highest BCUT2D eigenvalue weighted by atomic mass is 15.3. The van der Waals surface area contributed by atoms with Crippen LogP contribution in [-0.4, -0.2) is 25.9 Å². The molecule has 0 aliphatic rings. The summed E-state index contributed by atoms with van der Waals surface area (Å²) in [5.74, 6) is 1.57. The Bertz CT molecular complexity index is 526. The first-order valence-corrected chi connectivity index (χ1v) is 7.41. The van der Waals surface area contributed by atoms with Crippen molar-refractivity contribution in [3.05, 3.63) is 36.2 Å². The van der Waals surface area contributed by atoms with Gasteiger partial charge in [-0.2, -0.15) is 5.10 Å². The molecule has 2 aromatic heterocycles. The molecule has 2 aromatic rings. The number of hydrogen-bond acceptors (Lipinski definition) is 3. The summed E-state index contributed by atoms with van der Waals surface area (Å²) in [4.78, 5) is 4.32. The molecule has 0 fully saturated rings. The molecule has 2 heterocycles. The van der Waals surface area contributed by atoms with Gasteiger partial charge in [0.25, 0.3) is 0 Å². The second-order valence-electron chi connectivity index (χ2n) is 5.39. The van der Waals surface area contributed by atoms with Crippen molar-refractivity contribution in [3.63, 3.8) is 0 Å². The summed E-state index contributed by atoms with van der Waals surface area (Å²) in [7, 11) is 0. The highest BCUT2D eigenvalue weighted by Crippen LogP contribution is 2.22. The van der Waals surface area contributed by atoms with E-state index >= 15 is 0 Å². The Labute approximate surface area is 121 Å². The van der Waals surface area contributed by atoms with Crippen LogP contribution in [0.3, 0.4) is 0 Å². The summed E-state index contributed by atoms with van der Waals surface area (Å²) < 4.78 is 4.11. The van der Waals surface area contributed by atoms with Gasteiger partial charge < -0.3 is 9.88 Å². The van der Waals surface area contributed by atoms with Gasteiger partial charge in [-0.1, -0.05) is 20.8 Å². The van der Waals surface area contributed by atoms with Crippen molar-refractivity contribution >= 4 is 0 Å². The lowest BCUT2D eigenvalue weighted by atomic mass is 9.98. The Hall–Kier alpha value is -1.62. The van der Waals surface area contributed by atoms with Gasteiger partial charge in [-0.05, 0) is 31.0 Å². The van der Waals surface area contributed by atoms with E-state index in [0.29, 0.717) is 12.0 Å². The van der Waals surface area contributed by atoms with Crippen LogP contribution >= 0.6 is 0 Å². The minimum absolute atomic E-state index is 0.408. The molecule has 0 aliphatic carbocycles. The van der Waals surface area contributed by atoms with Crippen LogP contribution in [0.1, 0.15) is 45.1 Å². The minimum Gasteiger partial charge on any atom is -0.346 e.